The lowest BCUT2D eigenvalue weighted by Crippen LogP contribution is -2.24. The van der Waals surface area contributed by atoms with Crippen LogP contribution in [0.25, 0.3) is 0 Å². The molecule has 0 bridgehead atoms. The zero-order chi connectivity index (χ0) is 15.1. The van der Waals surface area contributed by atoms with Gasteiger partial charge in [0.2, 0.25) is 5.95 Å². The lowest BCUT2D eigenvalue weighted by atomic mass is 10.3. The van der Waals surface area contributed by atoms with Crippen LogP contribution >= 0.6 is 11.6 Å². The number of carbonyl (C=O) groups is 1. The van der Waals surface area contributed by atoms with Gasteiger partial charge in [-0.25, -0.2) is 9.97 Å². The number of nitrogens with one attached hydrogen (secondary N) is 2. The minimum atomic E-state index is -0.151. The largest absolute Gasteiger partial charge is 0.352 e. The normalized spacial score (nSPS) is 10.2. The molecule has 0 atom stereocenters. The maximum Gasteiger partial charge on any atom is 0.254 e. The van der Waals surface area contributed by atoms with Crippen molar-refractivity contribution in [2.45, 2.75) is 19.8 Å². The summed E-state index contributed by atoms with van der Waals surface area (Å²) in [5.74, 6) is 0.281. The van der Waals surface area contributed by atoms with Crippen molar-refractivity contribution in [2.75, 3.05) is 11.9 Å². The van der Waals surface area contributed by atoms with Crippen molar-refractivity contribution in [3.63, 3.8) is 0 Å². The lowest BCUT2D eigenvalue weighted by molar-refractivity contribution is 0.0952. The van der Waals surface area contributed by atoms with Gasteiger partial charge >= 0.3 is 0 Å². The molecule has 0 aliphatic heterocycles. The van der Waals surface area contributed by atoms with E-state index in [2.05, 4.69) is 27.5 Å². The number of benzene rings is 1. The fourth-order valence-corrected chi connectivity index (χ4v) is 1.78. The second-order valence-electron chi connectivity index (χ2n) is 4.54. The number of hydrogen-bond donors (Lipinski definition) is 2. The number of amides is 1. The summed E-state index contributed by atoms with van der Waals surface area (Å²) < 4.78 is 0. The molecule has 2 N–H and O–H groups in total. The molecule has 1 heterocycles. The zero-order valence-corrected chi connectivity index (χ0v) is 12.5. The number of nitrogens with zero attached hydrogens (tertiary/aromatic N) is 2. The first-order chi connectivity index (χ1) is 10.2. The van der Waals surface area contributed by atoms with Crippen LogP contribution in [0.4, 0.5) is 11.6 Å². The monoisotopic (exact) mass is 304 g/mol. The molecule has 0 radical (unpaired) electrons. The Morgan fingerprint density at radius 1 is 1.19 bits per heavy atom. The molecule has 2 rings (SSSR count). The molecule has 0 aliphatic carbocycles. The first kappa shape index (κ1) is 15.3. The Labute approximate surface area is 128 Å². The first-order valence-electron chi connectivity index (χ1n) is 6.82. The van der Waals surface area contributed by atoms with Crippen molar-refractivity contribution >= 4 is 29.1 Å². The number of carbonyl (C=O) groups excluding carboxylic acids is 1. The topological polar surface area (TPSA) is 66.9 Å². The van der Waals surface area contributed by atoms with Crippen molar-refractivity contribution in [2.24, 2.45) is 0 Å². The molecule has 0 saturated carbocycles. The van der Waals surface area contributed by atoms with E-state index in [1.165, 1.54) is 12.4 Å². The molecule has 1 aromatic carbocycles. The van der Waals surface area contributed by atoms with Crippen LogP contribution in [0.1, 0.15) is 30.1 Å². The summed E-state index contributed by atoms with van der Waals surface area (Å²) in [7, 11) is 0. The molecule has 1 aromatic heterocycles. The molecule has 0 spiro atoms. The molecular weight excluding hydrogens is 288 g/mol. The minimum Gasteiger partial charge on any atom is -0.352 e. The van der Waals surface area contributed by atoms with E-state index in [0.717, 1.165) is 18.5 Å². The number of unbranched alkanes of at least 4 members (excludes halogenated alkanes) is 1. The van der Waals surface area contributed by atoms with Crippen LogP contribution in [0.15, 0.2) is 36.7 Å². The Morgan fingerprint density at radius 3 is 2.48 bits per heavy atom. The van der Waals surface area contributed by atoms with Gasteiger partial charge in [-0.3, -0.25) is 4.79 Å². The van der Waals surface area contributed by atoms with Gasteiger partial charge in [0.05, 0.1) is 5.56 Å². The van der Waals surface area contributed by atoms with E-state index < -0.39 is 0 Å². The van der Waals surface area contributed by atoms with Gasteiger partial charge in [-0.1, -0.05) is 24.9 Å². The summed E-state index contributed by atoms with van der Waals surface area (Å²) in [6.45, 7) is 2.74. The van der Waals surface area contributed by atoms with Crippen molar-refractivity contribution in [3.8, 4) is 0 Å². The molecule has 0 aliphatic rings. The predicted molar refractivity (Wildman–Crippen MR) is 84.0 cm³/mol. The Bertz CT molecular complexity index is 584. The van der Waals surface area contributed by atoms with Crippen molar-refractivity contribution in [1.82, 2.24) is 15.3 Å². The van der Waals surface area contributed by atoms with Gasteiger partial charge in [0.25, 0.3) is 5.91 Å². The van der Waals surface area contributed by atoms with Crippen molar-refractivity contribution in [3.05, 3.63) is 47.2 Å². The highest BCUT2D eigenvalue weighted by molar-refractivity contribution is 6.30. The minimum absolute atomic E-state index is 0.151. The molecule has 21 heavy (non-hydrogen) atoms. The number of aromatic nitrogens is 2. The van der Waals surface area contributed by atoms with Gasteiger partial charge in [-0.2, -0.15) is 0 Å². The zero-order valence-electron chi connectivity index (χ0n) is 11.8. The molecule has 0 unspecified atom stereocenters. The number of rotatable bonds is 6. The number of hydrogen-bond acceptors (Lipinski definition) is 4. The van der Waals surface area contributed by atoms with E-state index in [-0.39, 0.29) is 5.91 Å². The summed E-state index contributed by atoms with van der Waals surface area (Å²) in [5, 5.41) is 6.53. The lowest BCUT2D eigenvalue weighted by Gasteiger charge is -2.06. The van der Waals surface area contributed by atoms with E-state index in [1.807, 2.05) is 12.1 Å². The van der Waals surface area contributed by atoms with E-state index >= 15 is 0 Å². The van der Waals surface area contributed by atoms with E-state index in [1.54, 1.807) is 12.1 Å². The average Bonchev–Trinajstić information content (AvgIpc) is 2.50. The third-order valence-corrected chi connectivity index (χ3v) is 3.08. The fourth-order valence-electron chi connectivity index (χ4n) is 1.65. The molecule has 0 fully saturated rings. The third kappa shape index (κ3) is 4.72. The van der Waals surface area contributed by atoms with Gasteiger partial charge in [0.15, 0.2) is 0 Å². The summed E-state index contributed by atoms with van der Waals surface area (Å²) >= 11 is 5.82. The van der Waals surface area contributed by atoms with Gasteiger partial charge in [0, 0.05) is 29.6 Å². The standard InChI is InChI=1S/C15H17ClN4O/c1-2-3-8-17-14(21)11-9-18-15(19-10-11)20-13-6-4-12(16)5-7-13/h4-7,9-10H,2-3,8H2,1H3,(H,17,21)(H,18,19,20). The molecule has 0 saturated heterocycles. The van der Waals surface area contributed by atoms with Crippen LogP contribution in [0.3, 0.4) is 0 Å². The fraction of sp³-hybridized carbons (Fsp3) is 0.267. The van der Waals surface area contributed by atoms with Gasteiger partial charge < -0.3 is 10.6 Å². The highest BCUT2D eigenvalue weighted by Gasteiger charge is 2.06. The quantitative estimate of drug-likeness (QED) is 0.803. The maximum atomic E-state index is 11.8. The van der Waals surface area contributed by atoms with Crippen LogP contribution < -0.4 is 10.6 Å². The highest BCUT2D eigenvalue weighted by Crippen LogP contribution is 2.16. The predicted octanol–water partition coefficient (Wildman–Crippen LogP) is 3.40. The second kappa shape index (κ2) is 7.59. The Kier molecular flexibility index (Phi) is 5.51. The van der Waals surface area contributed by atoms with Crippen LogP contribution in [0.2, 0.25) is 5.02 Å². The number of halogens is 1. The Balaban J connectivity index is 1.95. The molecular formula is C15H17ClN4O. The van der Waals surface area contributed by atoms with E-state index in [0.29, 0.717) is 23.1 Å². The summed E-state index contributed by atoms with van der Waals surface area (Å²) in [6.07, 6.45) is 5.02. The molecule has 5 nitrogen and oxygen atoms in total. The second-order valence-corrected chi connectivity index (χ2v) is 4.97. The Morgan fingerprint density at radius 2 is 1.86 bits per heavy atom. The molecule has 110 valence electrons. The van der Waals surface area contributed by atoms with Crippen LogP contribution in [-0.4, -0.2) is 22.4 Å². The Hall–Kier alpha value is -2.14. The first-order valence-corrected chi connectivity index (χ1v) is 7.19. The van der Waals surface area contributed by atoms with Crippen LogP contribution in [-0.2, 0) is 0 Å². The highest BCUT2D eigenvalue weighted by atomic mass is 35.5. The van der Waals surface area contributed by atoms with Gasteiger partial charge in [0.1, 0.15) is 0 Å². The van der Waals surface area contributed by atoms with Gasteiger partial charge in [-0.05, 0) is 30.7 Å². The average molecular weight is 305 g/mol. The molecule has 1 amide bonds. The smallest absolute Gasteiger partial charge is 0.254 e. The van der Waals surface area contributed by atoms with Gasteiger partial charge in [-0.15, -0.1) is 0 Å². The maximum absolute atomic E-state index is 11.8. The van der Waals surface area contributed by atoms with E-state index in [4.69, 9.17) is 11.6 Å². The van der Waals surface area contributed by atoms with Crippen LogP contribution in [0, 0.1) is 0 Å². The van der Waals surface area contributed by atoms with Crippen LogP contribution in [0.5, 0.6) is 0 Å². The summed E-state index contributed by atoms with van der Waals surface area (Å²) in [6, 6.07) is 7.22. The molecule has 2 aromatic rings. The third-order valence-electron chi connectivity index (χ3n) is 2.83. The van der Waals surface area contributed by atoms with E-state index in [9.17, 15) is 4.79 Å². The summed E-state index contributed by atoms with van der Waals surface area (Å²) in [4.78, 5) is 20.1. The SMILES string of the molecule is CCCCNC(=O)c1cnc(Nc2ccc(Cl)cc2)nc1. The van der Waals surface area contributed by atoms with Crippen molar-refractivity contribution < 1.29 is 4.79 Å². The summed E-state index contributed by atoms with van der Waals surface area (Å²) in [5.41, 5.74) is 1.28. The molecule has 6 heteroatoms. The van der Waals surface area contributed by atoms with Crippen molar-refractivity contribution in [1.29, 1.82) is 0 Å². The number of anilines is 2.